The maximum absolute atomic E-state index is 6.04. The van der Waals surface area contributed by atoms with Gasteiger partial charge in [-0.1, -0.05) is 54.1 Å². The fourth-order valence-electron chi connectivity index (χ4n) is 5.04. The van der Waals surface area contributed by atoms with Crippen LogP contribution in [-0.2, 0) is 0 Å². The van der Waals surface area contributed by atoms with Crippen LogP contribution in [0.1, 0.15) is 55.1 Å². The third-order valence-corrected chi connectivity index (χ3v) is 7.45. The van der Waals surface area contributed by atoms with Crippen molar-refractivity contribution in [3.63, 3.8) is 0 Å². The summed E-state index contributed by atoms with van der Waals surface area (Å²) in [5.41, 5.74) is 3.53. The highest BCUT2D eigenvalue weighted by Crippen LogP contribution is 2.48. The van der Waals surface area contributed by atoms with Crippen LogP contribution in [0.15, 0.2) is 54.6 Å². The summed E-state index contributed by atoms with van der Waals surface area (Å²) in [7, 11) is 0. The van der Waals surface area contributed by atoms with E-state index in [0.717, 1.165) is 10.9 Å². The van der Waals surface area contributed by atoms with Crippen molar-refractivity contribution in [1.82, 2.24) is 10.2 Å². The monoisotopic (exact) mass is 394 g/mol. The second-order valence-corrected chi connectivity index (χ2v) is 9.78. The van der Waals surface area contributed by atoms with Crippen LogP contribution >= 0.6 is 11.6 Å². The zero-order valence-corrected chi connectivity index (χ0v) is 17.4. The Balaban J connectivity index is 1.07. The van der Waals surface area contributed by atoms with Crippen molar-refractivity contribution in [3.05, 3.63) is 70.7 Å². The molecule has 2 saturated carbocycles. The van der Waals surface area contributed by atoms with E-state index < -0.39 is 0 Å². The van der Waals surface area contributed by atoms with E-state index in [2.05, 4.69) is 52.7 Å². The van der Waals surface area contributed by atoms with Gasteiger partial charge in [0, 0.05) is 30.1 Å². The van der Waals surface area contributed by atoms with Crippen molar-refractivity contribution >= 4 is 11.6 Å². The topological polar surface area (TPSA) is 15.3 Å². The predicted molar refractivity (Wildman–Crippen MR) is 117 cm³/mol. The number of hydrogen-bond acceptors (Lipinski definition) is 2. The molecule has 2 aliphatic carbocycles. The number of benzene rings is 2. The standard InChI is InChI=1S/C25H31ClN2/c26-22-8-6-19(7-9-22)20-10-14-28(15-11-20)18-25(12-13-25)17-27-24-16-23(24)21-4-2-1-3-5-21/h1-9,20,23-24,27H,10-18H2/t23-,24+/m1/s1. The zero-order valence-electron chi connectivity index (χ0n) is 16.6. The SMILES string of the molecule is Clc1ccc(C2CCN(CC3(CN[C@H]4C[C@@H]4c4ccccc4)CC3)CC2)cc1. The van der Waals surface area contributed by atoms with E-state index in [9.17, 15) is 0 Å². The Morgan fingerprint density at radius 1 is 0.929 bits per heavy atom. The van der Waals surface area contributed by atoms with E-state index in [1.807, 2.05) is 12.1 Å². The molecule has 2 nitrogen and oxygen atoms in total. The number of rotatable bonds is 7. The molecule has 0 amide bonds. The summed E-state index contributed by atoms with van der Waals surface area (Å²) in [6, 6.07) is 20.2. The van der Waals surface area contributed by atoms with E-state index in [1.165, 1.54) is 69.4 Å². The zero-order chi connectivity index (χ0) is 19.0. The van der Waals surface area contributed by atoms with Crippen molar-refractivity contribution in [2.45, 2.75) is 50.0 Å². The Morgan fingerprint density at radius 3 is 2.32 bits per heavy atom. The lowest BCUT2D eigenvalue weighted by molar-refractivity contribution is 0.172. The van der Waals surface area contributed by atoms with Gasteiger partial charge >= 0.3 is 0 Å². The molecule has 1 saturated heterocycles. The Morgan fingerprint density at radius 2 is 1.64 bits per heavy atom. The first kappa shape index (κ1) is 18.7. The number of halogens is 1. The Hall–Kier alpha value is -1.35. The van der Waals surface area contributed by atoms with Gasteiger partial charge in [0.2, 0.25) is 0 Å². The lowest BCUT2D eigenvalue weighted by Crippen LogP contribution is -2.40. The van der Waals surface area contributed by atoms with E-state index in [-0.39, 0.29) is 0 Å². The molecular formula is C25H31ClN2. The van der Waals surface area contributed by atoms with Crippen LogP contribution in [0, 0.1) is 5.41 Å². The quantitative estimate of drug-likeness (QED) is 0.672. The second-order valence-electron chi connectivity index (χ2n) is 9.34. The maximum atomic E-state index is 6.04. The molecule has 3 heteroatoms. The first-order valence-electron chi connectivity index (χ1n) is 11.0. The number of likely N-dealkylation sites (tertiary alicyclic amines) is 1. The van der Waals surface area contributed by atoms with Crippen molar-refractivity contribution in [3.8, 4) is 0 Å². The first-order chi connectivity index (χ1) is 13.7. The number of nitrogens with one attached hydrogen (secondary N) is 1. The largest absolute Gasteiger partial charge is 0.313 e. The Labute approximate surface area is 174 Å². The first-order valence-corrected chi connectivity index (χ1v) is 11.3. The van der Waals surface area contributed by atoms with Crippen LogP contribution in [0.4, 0.5) is 0 Å². The third-order valence-electron chi connectivity index (χ3n) is 7.20. The molecule has 0 spiro atoms. The highest BCUT2D eigenvalue weighted by molar-refractivity contribution is 6.30. The van der Waals surface area contributed by atoms with Gasteiger partial charge in [-0.25, -0.2) is 0 Å². The molecule has 1 heterocycles. The molecule has 28 heavy (non-hydrogen) atoms. The van der Waals surface area contributed by atoms with Crippen LogP contribution in [0.5, 0.6) is 0 Å². The molecule has 0 unspecified atom stereocenters. The van der Waals surface area contributed by atoms with Gasteiger partial charge in [0.25, 0.3) is 0 Å². The van der Waals surface area contributed by atoms with E-state index in [1.54, 1.807) is 0 Å². The molecule has 0 bridgehead atoms. The molecule has 0 radical (unpaired) electrons. The fraction of sp³-hybridized carbons (Fsp3) is 0.520. The van der Waals surface area contributed by atoms with Crippen molar-refractivity contribution in [2.75, 3.05) is 26.2 Å². The van der Waals surface area contributed by atoms with Crippen molar-refractivity contribution in [2.24, 2.45) is 5.41 Å². The van der Waals surface area contributed by atoms with E-state index >= 15 is 0 Å². The average Bonchev–Trinajstić information content (AvgIpc) is 3.65. The van der Waals surface area contributed by atoms with Gasteiger partial charge in [-0.15, -0.1) is 0 Å². The summed E-state index contributed by atoms with van der Waals surface area (Å²) in [6.45, 7) is 4.98. The molecule has 148 valence electrons. The smallest absolute Gasteiger partial charge is 0.0406 e. The molecule has 3 aliphatic rings. The van der Waals surface area contributed by atoms with Crippen LogP contribution in [0.25, 0.3) is 0 Å². The highest BCUT2D eigenvalue weighted by atomic mass is 35.5. The van der Waals surface area contributed by atoms with Gasteiger partial charge in [-0.05, 0) is 79.8 Å². The Kier molecular flexibility index (Phi) is 5.21. The number of nitrogens with zero attached hydrogens (tertiary/aromatic N) is 1. The fourth-order valence-corrected chi connectivity index (χ4v) is 5.16. The molecule has 1 N–H and O–H groups in total. The average molecular weight is 395 g/mol. The Bertz CT molecular complexity index is 776. The lowest BCUT2D eigenvalue weighted by Gasteiger charge is -2.35. The van der Waals surface area contributed by atoms with Crippen molar-refractivity contribution < 1.29 is 0 Å². The van der Waals surface area contributed by atoms with E-state index in [4.69, 9.17) is 11.6 Å². The minimum absolute atomic E-state index is 0.553. The number of hydrogen-bond donors (Lipinski definition) is 1. The summed E-state index contributed by atoms with van der Waals surface area (Å²) < 4.78 is 0. The highest BCUT2D eigenvalue weighted by Gasteiger charge is 2.46. The summed E-state index contributed by atoms with van der Waals surface area (Å²) in [5.74, 6) is 1.45. The predicted octanol–water partition coefficient (Wildman–Crippen LogP) is 5.45. The minimum atomic E-state index is 0.553. The summed E-state index contributed by atoms with van der Waals surface area (Å²) in [4.78, 5) is 2.72. The maximum Gasteiger partial charge on any atom is 0.0406 e. The third kappa shape index (κ3) is 4.30. The van der Waals surface area contributed by atoms with E-state index in [0.29, 0.717) is 17.4 Å². The van der Waals surface area contributed by atoms with Crippen LogP contribution in [0.2, 0.25) is 5.02 Å². The summed E-state index contributed by atoms with van der Waals surface area (Å²) in [6.07, 6.45) is 6.68. The summed E-state index contributed by atoms with van der Waals surface area (Å²) >= 11 is 6.04. The molecule has 3 fully saturated rings. The van der Waals surface area contributed by atoms with Gasteiger partial charge in [-0.2, -0.15) is 0 Å². The van der Waals surface area contributed by atoms with Gasteiger partial charge in [-0.3, -0.25) is 0 Å². The number of piperidine rings is 1. The molecule has 2 atom stereocenters. The molecule has 5 rings (SSSR count). The minimum Gasteiger partial charge on any atom is -0.313 e. The van der Waals surface area contributed by atoms with Crippen LogP contribution in [0.3, 0.4) is 0 Å². The van der Waals surface area contributed by atoms with Gasteiger partial charge in [0.05, 0.1) is 0 Å². The molecule has 1 aliphatic heterocycles. The van der Waals surface area contributed by atoms with Crippen LogP contribution in [-0.4, -0.2) is 37.1 Å². The molecule has 0 aromatic heterocycles. The normalized spacial score (nSPS) is 26.9. The van der Waals surface area contributed by atoms with Gasteiger partial charge in [0.15, 0.2) is 0 Å². The van der Waals surface area contributed by atoms with Crippen LogP contribution < -0.4 is 5.32 Å². The molecule has 2 aromatic carbocycles. The lowest BCUT2D eigenvalue weighted by atomic mass is 9.89. The molecular weight excluding hydrogens is 364 g/mol. The summed E-state index contributed by atoms with van der Waals surface area (Å²) in [5, 5.41) is 4.74. The molecule has 2 aromatic rings. The van der Waals surface area contributed by atoms with Crippen molar-refractivity contribution in [1.29, 1.82) is 0 Å². The van der Waals surface area contributed by atoms with Gasteiger partial charge < -0.3 is 10.2 Å². The second kappa shape index (κ2) is 7.82. The van der Waals surface area contributed by atoms with Gasteiger partial charge in [0.1, 0.15) is 0 Å².